The molecule has 1 atom stereocenters. The maximum Gasteiger partial charge on any atom is 0.155 e. The van der Waals surface area contributed by atoms with Gasteiger partial charge in [0, 0.05) is 6.26 Å². The molecule has 0 fully saturated rings. The molecule has 1 N–H and O–H groups in total. The predicted molar refractivity (Wildman–Crippen MR) is 71.5 cm³/mol. The molecule has 1 rings (SSSR count). The molecule has 4 nitrogen and oxygen atoms in total. The number of hydrogen-bond acceptors (Lipinski definition) is 4. The van der Waals surface area contributed by atoms with E-state index in [0.29, 0.717) is 17.9 Å². The first-order chi connectivity index (χ1) is 8.20. The van der Waals surface area contributed by atoms with Gasteiger partial charge >= 0.3 is 0 Å². The molecule has 0 saturated heterocycles. The van der Waals surface area contributed by atoms with Gasteiger partial charge in [0.2, 0.25) is 0 Å². The van der Waals surface area contributed by atoms with E-state index in [9.17, 15) is 13.5 Å². The second-order valence-electron chi connectivity index (χ2n) is 4.78. The number of rotatable bonds is 5. The van der Waals surface area contributed by atoms with Crippen LogP contribution in [-0.2, 0) is 9.84 Å². The van der Waals surface area contributed by atoms with Crippen LogP contribution in [0.4, 0.5) is 0 Å². The van der Waals surface area contributed by atoms with Gasteiger partial charge in [0.05, 0.1) is 17.5 Å². The van der Waals surface area contributed by atoms with Crippen molar-refractivity contribution in [1.82, 2.24) is 0 Å². The SMILES string of the molecule is CCOc1cccc(C(O)C(C)(C)S(C)(=O)=O)c1. The van der Waals surface area contributed by atoms with Crippen LogP contribution in [0.1, 0.15) is 32.4 Å². The predicted octanol–water partition coefficient (Wildman–Crippen LogP) is 1.94. The molecule has 0 aliphatic rings. The van der Waals surface area contributed by atoms with Gasteiger partial charge in [-0.25, -0.2) is 8.42 Å². The van der Waals surface area contributed by atoms with Gasteiger partial charge in [-0.15, -0.1) is 0 Å². The van der Waals surface area contributed by atoms with Gasteiger partial charge in [-0.3, -0.25) is 0 Å². The molecule has 0 saturated carbocycles. The lowest BCUT2D eigenvalue weighted by atomic mass is 9.98. The Morgan fingerprint density at radius 2 is 2.00 bits per heavy atom. The third-order valence-corrected chi connectivity index (χ3v) is 5.23. The van der Waals surface area contributed by atoms with Gasteiger partial charge in [0.1, 0.15) is 5.75 Å². The second kappa shape index (κ2) is 5.28. The first-order valence-corrected chi connectivity index (χ1v) is 7.69. The molecular formula is C13H20O4S. The van der Waals surface area contributed by atoms with Crippen molar-refractivity contribution in [1.29, 1.82) is 0 Å². The minimum absolute atomic E-state index is 0.523. The summed E-state index contributed by atoms with van der Waals surface area (Å²) in [5.74, 6) is 0.623. The smallest absolute Gasteiger partial charge is 0.155 e. The van der Waals surface area contributed by atoms with E-state index in [4.69, 9.17) is 4.74 Å². The van der Waals surface area contributed by atoms with Crippen LogP contribution in [0, 0.1) is 0 Å². The summed E-state index contributed by atoms with van der Waals surface area (Å²) in [6, 6.07) is 6.87. The fourth-order valence-electron chi connectivity index (χ4n) is 1.55. The van der Waals surface area contributed by atoms with E-state index in [1.807, 2.05) is 6.92 Å². The summed E-state index contributed by atoms with van der Waals surface area (Å²) in [6.45, 7) is 5.42. The van der Waals surface area contributed by atoms with Crippen LogP contribution in [-0.4, -0.2) is 31.1 Å². The number of benzene rings is 1. The molecule has 0 radical (unpaired) electrons. The number of sulfone groups is 1. The minimum atomic E-state index is -3.37. The lowest BCUT2D eigenvalue weighted by molar-refractivity contribution is 0.139. The molecule has 0 amide bonds. The van der Waals surface area contributed by atoms with Crippen LogP contribution in [0.3, 0.4) is 0 Å². The third kappa shape index (κ3) is 3.03. The van der Waals surface area contributed by atoms with Crippen LogP contribution >= 0.6 is 0 Å². The fraction of sp³-hybridized carbons (Fsp3) is 0.538. The van der Waals surface area contributed by atoms with E-state index in [1.54, 1.807) is 24.3 Å². The summed E-state index contributed by atoms with van der Waals surface area (Å²) >= 11 is 0. The Hall–Kier alpha value is -1.07. The Labute approximate surface area is 109 Å². The highest BCUT2D eigenvalue weighted by Gasteiger charge is 2.39. The Balaban J connectivity index is 3.11. The maximum absolute atomic E-state index is 11.7. The molecule has 0 aliphatic carbocycles. The quantitative estimate of drug-likeness (QED) is 0.889. The number of hydrogen-bond donors (Lipinski definition) is 1. The normalized spacial score (nSPS) is 14.3. The molecule has 1 aromatic carbocycles. The standard InChI is InChI=1S/C13H20O4S/c1-5-17-11-8-6-7-10(9-11)12(14)13(2,3)18(4,15)16/h6-9,12,14H,5H2,1-4H3. The van der Waals surface area contributed by atoms with Crippen molar-refractivity contribution < 1.29 is 18.3 Å². The maximum atomic E-state index is 11.7. The monoisotopic (exact) mass is 272 g/mol. The molecule has 0 spiro atoms. The summed E-state index contributed by atoms with van der Waals surface area (Å²) in [6.07, 6.45) is 0.0377. The summed E-state index contributed by atoms with van der Waals surface area (Å²) in [5, 5.41) is 10.2. The first-order valence-electron chi connectivity index (χ1n) is 5.80. The summed E-state index contributed by atoms with van der Waals surface area (Å²) < 4.78 is 27.5. The van der Waals surface area contributed by atoms with E-state index in [-0.39, 0.29) is 0 Å². The molecule has 0 aliphatic heterocycles. The number of aliphatic hydroxyl groups is 1. The van der Waals surface area contributed by atoms with E-state index < -0.39 is 20.7 Å². The van der Waals surface area contributed by atoms with Gasteiger partial charge < -0.3 is 9.84 Å². The zero-order valence-electron chi connectivity index (χ0n) is 11.2. The Kier molecular flexibility index (Phi) is 4.40. The van der Waals surface area contributed by atoms with Gasteiger partial charge in [0.15, 0.2) is 9.84 Å². The lowest BCUT2D eigenvalue weighted by Crippen LogP contribution is -2.37. The van der Waals surface area contributed by atoms with Crippen LogP contribution in [0.25, 0.3) is 0 Å². The molecule has 0 aromatic heterocycles. The van der Waals surface area contributed by atoms with E-state index in [1.165, 1.54) is 13.8 Å². The molecule has 1 unspecified atom stereocenters. The van der Waals surface area contributed by atoms with Crippen molar-refractivity contribution in [2.75, 3.05) is 12.9 Å². The van der Waals surface area contributed by atoms with Crippen molar-refractivity contribution in [3.63, 3.8) is 0 Å². The van der Waals surface area contributed by atoms with Crippen molar-refractivity contribution in [2.24, 2.45) is 0 Å². The highest BCUT2D eigenvalue weighted by molar-refractivity contribution is 7.92. The molecule has 0 bridgehead atoms. The van der Waals surface area contributed by atoms with Gasteiger partial charge in [0.25, 0.3) is 0 Å². The van der Waals surface area contributed by atoms with Crippen molar-refractivity contribution in [3.05, 3.63) is 29.8 Å². The summed E-state index contributed by atoms with van der Waals surface area (Å²) in [7, 11) is -3.37. The topological polar surface area (TPSA) is 63.6 Å². The van der Waals surface area contributed by atoms with Gasteiger partial charge in [-0.2, -0.15) is 0 Å². The third-order valence-electron chi connectivity index (χ3n) is 3.10. The average Bonchev–Trinajstić information content (AvgIpc) is 2.27. The van der Waals surface area contributed by atoms with E-state index >= 15 is 0 Å². The van der Waals surface area contributed by atoms with Crippen molar-refractivity contribution in [2.45, 2.75) is 31.6 Å². The number of aliphatic hydroxyl groups excluding tert-OH is 1. The molecule has 1 aromatic rings. The summed E-state index contributed by atoms with van der Waals surface area (Å²) in [5.41, 5.74) is 0.538. The van der Waals surface area contributed by atoms with Crippen LogP contribution in [0.15, 0.2) is 24.3 Å². The van der Waals surface area contributed by atoms with Crippen LogP contribution < -0.4 is 4.74 Å². The molecular weight excluding hydrogens is 252 g/mol. The molecule has 5 heteroatoms. The van der Waals surface area contributed by atoms with E-state index in [0.717, 1.165) is 6.26 Å². The molecule has 102 valence electrons. The largest absolute Gasteiger partial charge is 0.494 e. The second-order valence-corrected chi connectivity index (χ2v) is 7.38. The van der Waals surface area contributed by atoms with Gasteiger partial charge in [-0.05, 0) is 38.5 Å². The zero-order chi connectivity index (χ0) is 14.0. The first kappa shape index (κ1) is 15.0. The van der Waals surface area contributed by atoms with Crippen LogP contribution in [0.2, 0.25) is 0 Å². The average molecular weight is 272 g/mol. The van der Waals surface area contributed by atoms with Crippen molar-refractivity contribution in [3.8, 4) is 5.75 Å². The fourth-order valence-corrected chi connectivity index (χ4v) is 2.09. The number of ether oxygens (including phenoxy) is 1. The Morgan fingerprint density at radius 3 is 2.50 bits per heavy atom. The van der Waals surface area contributed by atoms with Crippen molar-refractivity contribution >= 4 is 9.84 Å². The van der Waals surface area contributed by atoms with Crippen LogP contribution in [0.5, 0.6) is 5.75 Å². The molecule has 0 heterocycles. The Morgan fingerprint density at radius 1 is 1.39 bits per heavy atom. The summed E-state index contributed by atoms with van der Waals surface area (Å²) in [4.78, 5) is 0. The minimum Gasteiger partial charge on any atom is -0.494 e. The highest BCUT2D eigenvalue weighted by Crippen LogP contribution is 2.33. The Bertz CT molecular complexity index is 505. The van der Waals surface area contributed by atoms with E-state index in [2.05, 4.69) is 0 Å². The van der Waals surface area contributed by atoms with Gasteiger partial charge in [-0.1, -0.05) is 12.1 Å². The zero-order valence-corrected chi connectivity index (χ0v) is 12.0. The highest BCUT2D eigenvalue weighted by atomic mass is 32.2. The molecule has 18 heavy (non-hydrogen) atoms. The lowest BCUT2D eigenvalue weighted by Gasteiger charge is -2.29.